The van der Waals surface area contributed by atoms with Gasteiger partial charge in [-0.3, -0.25) is 29.0 Å². The molecule has 0 aromatic carbocycles. The van der Waals surface area contributed by atoms with Gasteiger partial charge >= 0.3 is 11.9 Å². The molecule has 0 bridgehead atoms. The Morgan fingerprint density at radius 1 is 0.394 bits per heavy atom. The molecule has 0 aromatic heterocycles. The van der Waals surface area contributed by atoms with Crippen molar-refractivity contribution in [3.63, 3.8) is 0 Å². The lowest BCUT2D eigenvalue weighted by molar-refractivity contribution is -0.156. The minimum atomic E-state index is -0.784. The van der Waals surface area contributed by atoms with E-state index in [4.69, 9.17) is 9.47 Å². The van der Waals surface area contributed by atoms with Crippen LogP contribution >= 0.6 is 0 Å². The van der Waals surface area contributed by atoms with Gasteiger partial charge in [0, 0.05) is 116 Å². The van der Waals surface area contributed by atoms with E-state index < -0.39 is 35.0 Å². The molecule has 66 heavy (non-hydrogen) atoms. The Bertz CT molecular complexity index is 3380. The molecule has 0 aliphatic carbocycles. The van der Waals surface area contributed by atoms with Crippen LogP contribution in [0.4, 0.5) is 0 Å². The van der Waals surface area contributed by atoms with E-state index in [-0.39, 0.29) is 42.9 Å². The van der Waals surface area contributed by atoms with Crippen molar-refractivity contribution in [1.29, 1.82) is 0 Å². The molecule has 0 spiro atoms. The maximum atomic E-state index is 13.5. The minimum Gasteiger partial charge on any atom is -0.460 e. The molecule has 0 N–H and O–H groups in total. The zero-order valence-corrected chi connectivity index (χ0v) is 37.8. The highest BCUT2D eigenvalue weighted by Crippen LogP contribution is 2.19. The van der Waals surface area contributed by atoms with E-state index in [2.05, 4.69) is 215 Å². The first-order valence-corrected chi connectivity index (χ1v) is 18.9. The Labute approximate surface area is 384 Å². The molecule has 8 heteroatoms. The fourth-order valence-corrected chi connectivity index (χ4v) is 3.61. The van der Waals surface area contributed by atoms with Crippen LogP contribution < -0.4 is 0 Å². The molecule has 8 nitrogen and oxygen atoms in total. The fraction of sp³-hybridized carbons (Fsp3) is 0.241. The van der Waals surface area contributed by atoms with Crippen LogP contribution in [0.25, 0.3) is 0 Å². The first-order chi connectivity index (χ1) is 31.4. The summed E-state index contributed by atoms with van der Waals surface area (Å²) < 4.78 is 10.8. The minimum absolute atomic E-state index is 0.0889. The Balaban J connectivity index is 7.30. The van der Waals surface area contributed by atoms with E-state index in [1.165, 1.54) is 13.8 Å². The lowest BCUT2D eigenvalue weighted by Gasteiger charge is -2.32. The van der Waals surface area contributed by atoms with Gasteiger partial charge in [0.1, 0.15) is 11.2 Å². The molecule has 0 aliphatic heterocycles. The zero-order chi connectivity index (χ0) is 49.5. The van der Waals surface area contributed by atoms with Gasteiger partial charge in [0.15, 0.2) is 5.82 Å². The highest BCUT2D eigenvalue weighted by atomic mass is 16.6. The number of carbonyl (C=O) groups is 4. The van der Waals surface area contributed by atoms with E-state index in [0.29, 0.717) is 0 Å². The summed E-state index contributed by atoms with van der Waals surface area (Å²) in [6.45, 7) is 23.5. The number of amides is 2. The zero-order valence-electron chi connectivity index (χ0n) is 37.8. The van der Waals surface area contributed by atoms with E-state index >= 15 is 0 Å². The van der Waals surface area contributed by atoms with Crippen LogP contribution in [0.2, 0.25) is 0 Å². The largest absolute Gasteiger partial charge is 0.460 e. The third-order valence-corrected chi connectivity index (χ3v) is 5.85. The van der Waals surface area contributed by atoms with Crippen LogP contribution in [-0.4, -0.2) is 57.8 Å². The Morgan fingerprint density at radius 3 is 0.803 bits per heavy atom. The van der Waals surface area contributed by atoms with Crippen LogP contribution in [0.15, 0.2) is 232 Å². The number of hydrogen-bond donors (Lipinski definition) is 0. The molecule has 0 rings (SSSR count). The maximum absolute atomic E-state index is 13.5. The van der Waals surface area contributed by atoms with E-state index in [9.17, 15) is 19.2 Å². The molecule has 0 heterocycles. The van der Waals surface area contributed by atoms with Crippen molar-refractivity contribution >= 4 is 23.8 Å². The smallest absolute Gasteiger partial charge is 0.308 e. The lowest BCUT2D eigenvalue weighted by atomic mass is 10.2. The lowest BCUT2D eigenvalue weighted by Crippen LogP contribution is -2.44. The highest BCUT2D eigenvalue weighted by Gasteiger charge is 2.30. The number of nitrogens with zero attached hydrogens (tertiary/aromatic N) is 2. The monoisotopic (exact) mass is 858 g/mol. The quantitative estimate of drug-likeness (QED) is 0.124. The molecule has 0 radical (unpaired) electrons. The molecule has 0 saturated carbocycles. The predicted octanol–water partition coefficient (Wildman–Crippen LogP) is 9.00. The SMILES string of the molecule is C=C=C=C=C=C=C=C=C=C=C=C=C=C=C=C=C=C=C=C=C=C=C=C=C=C=C=C=C=C=C=C=C=C=C=C(N(CCC(=O)OC(C)(C)C)C(=O)C(=C)C)N(CCC(=O)OC(C)(C)C)C(=O)C(=C)C. The van der Waals surface area contributed by atoms with Gasteiger partial charge in [-0.15, -0.1) is 0 Å². The Morgan fingerprint density at radius 2 is 0.606 bits per heavy atom. The second kappa shape index (κ2) is 33.4. The first-order valence-electron chi connectivity index (χ1n) is 18.9. The molecule has 316 valence electrons. The number of ether oxygens (including phenoxy) is 2. The number of hydrogen-bond acceptors (Lipinski definition) is 6. The molecular formula is C58H38N2O6. The van der Waals surface area contributed by atoms with Gasteiger partial charge in [-0.2, -0.15) is 0 Å². The Kier molecular flexibility index (Phi) is 28.1. The van der Waals surface area contributed by atoms with Crippen LogP contribution in [0.5, 0.6) is 0 Å². The van der Waals surface area contributed by atoms with Crippen molar-refractivity contribution < 1.29 is 28.7 Å². The van der Waals surface area contributed by atoms with Crippen molar-refractivity contribution in [3.05, 3.63) is 232 Å². The van der Waals surface area contributed by atoms with Gasteiger partial charge < -0.3 is 9.47 Å². The van der Waals surface area contributed by atoms with Gasteiger partial charge in [0.05, 0.1) is 12.8 Å². The molecule has 0 aliphatic rings. The third kappa shape index (κ3) is 31.5. The summed E-state index contributed by atoms with van der Waals surface area (Å²) in [6, 6.07) is 0. The number of carbonyl (C=O) groups excluding carboxylic acids is 4. The van der Waals surface area contributed by atoms with E-state index in [1.807, 2.05) is 0 Å². The van der Waals surface area contributed by atoms with Crippen LogP contribution in [-0.2, 0) is 28.7 Å². The fourth-order valence-electron chi connectivity index (χ4n) is 3.61. The summed E-state index contributed by atoms with van der Waals surface area (Å²) in [5, 5.41) is 0. The van der Waals surface area contributed by atoms with Crippen LogP contribution in [0, 0.1) is 0 Å². The van der Waals surface area contributed by atoms with Crippen molar-refractivity contribution in [1.82, 2.24) is 9.80 Å². The summed E-state index contributed by atoms with van der Waals surface area (Å²) in [5.41, 5.74) is 83.5. The average Bonchev–Trinajstić information content (AvgIpc) is 3.23. The highest BCUT2D eigenvalue weighted by molar-refractivity contribution is 5.96. The predicted molar refractivity (Wildman–Crippen MR) is 243 cm³/mol. The van der Waals surface area contributed by atoms with Gasteiger partial charge in [-0.05, 0) is 159 Å². The number of esters is 2. The van der Waals surface area contributed by atoms with Crippen molar-refractivity contribution in [2.75, 3.05) is 13.1 Å². The topological polar surface area (TPSA) is 93.2 Å². The molecule has 0 atom stereocenters. The third-order valence-electron chi connectivity index (χ3n) is 5.85. The second-order valence-electron chi connectivity index (χ2n) is 13.8. The molecule has 0 unspecified atom stereocenters. The second-order valence-corrected chi connectivity index (χ2v) is 13.8. The van der Waals surface area contributed by atoms with Crippen LogP contribution in [0.1, 0.15) is 68.2 Å². The summed E-state index contributed by atoms with van der Waals surface area (Å²) in [4.78, 5) is 54.5. The molecule has 0 fully saturated rings. The van der Waals surface area contributed by atoms with Crippen LogP contribution in [0.3, 0.4) is 0 Å². The molecule has 0 aromatic rings. The van der Waals surface area contributed by atoms with E-state index in [0.717, 1.165) is 9.80 Å². The summed E-state index contributed by atoms with van der Waals surface area (Å²) in [7, 11) is 0. The summed E-state index contributed by atoms with van der Waals surface area (Å²) >= 11 is 0. The average molecular weight is 859 g/mol. The first kappa shape index (κ1) is 55.6. The van der Waals surface area contributed by atoms with Crippen molar-refractivity contribution in [2.45, 2.75) is 79.4 Å². The molecule has 0 saturated heterocycles. The number of rotatable bonds is 10. The standard InChI is InChI=1S/C58H38N2O6/c1-12-13-14-15-16-17-18-19-20-21-22-23-24-25-26-27-28-29-30-31-32-33-34-35-36-37-38-39-40-41-42-43-44-45-52(59(55(63)50(2)3)48-46-53(61)65-57(6,7)8)60(56(64)51(4)5)49-47-54(62)66-58(9,10)11/h1-2,4,46-49H2,3,5-11H3. The van der Waals surface area contributed by atoms with Gasteiger partial charge in [0.25, 0.3) is 11.8 Å². The van der Waals surface area contributed by atoms with Gasteiger partial charge in [-0.1, -0.05) is 18.9 Å². The molecule has 2 amide bonds. The Hall–Kier alpha value is -10.4. The maximum Gasteiger partial charge on any atom is 0.308 e. The molecular weight excluding hydrogens is 821 g/mol. The normalized spacial score (nSPS) is 7.52. The van der Waals surface area contributed by atoms with Gasteiger partial charge in [-0.25, -0.2) is 0 Å². The van der Waals surface area contributed by atoms with Crippen molar-refractivity contribution in [3.8, 4) is 0 Å². The van der Waals surface area contributed by atoms with E-state index in [1.54, 1.807) is 41.5 Å². The van der Waals surface area contributed by atoms with Crippen molar-refractivity contribution in [2.24, 2.45) is 0 Å². The van der Waals surface area contributed by atoms with Gasteiger partial charge in [0.2, 0.25) is 0 Å². The summed E-state index contributed by atoms with van der Waals surface area (Å²) in [6.07, 6.45) is -0.502. The summed E-state index contributed by atoms with van der Waals surface area (Å²) in [5.74, 6) is -2.64.